The Hall–Kier alpha value is -2.99. The topological polar surface area (TPSA) is 62.1 Å². The van der Waals surface area contributed by atoms with E-state index in [1.54, 1.807) is 24.3 Å². The minimum Gasteiger partial charge on any atom is -0.330 e. The molecule has 2 aromatic carbocycles. The molecular weight excluding hydrogens is 378 g/mol. The molecule has 2 aliphatic rings. The zero-order valence-corrected chi connectivity index (χ0v) is 17.5. The van der Waals surface area contributed by atoms with Crippen molar-refractivity contribution in [1.29, 1.82) is 0 Å². The number of piperazine rings is 1. The van der Waals surface area contributed by atoms with Gasteiger partial charge in [-0.3, -0.25) is 19.3 Å². The van der Waals surface area contributed by atoms with Gasteiger partial charge in [-0.25, -0.2) is 0 Å². The Morgan fingerprint density at radius 2 is 1.43 bits per heavy atom. The standard InChI is InChI=1S/C24H27N3O3/c1-17(2)21(27-22(28)19-10-6-7-11-20(19)23(27)29)24(30)26-14-12-25(13-15-26)16-18-8-4-3-5-9-18/h3-11,17,21H,12-16H2,1-2H3/p+1/t21-/m1/s1. The zero-order chi connectivity index (χ0) is 21.3. The molecule has 0 unspecified atom stereocenters. The van der Waals surface area contributed by atoms with Gasteiger partial charge in [0.1, 0.15) is 12.6 Å². The Balaban J connectivity index is 1.45. The first kappa shape index (κ1) is 20.3. The van der Waals surface area contributed by atoms with E-state index >= 15 is 0 Å². The first-order valence-electron chi connectivity index (χ1n) is 10.6. The molecule has 0 aromatic heterocycles. The van der Waals surface area contributed by atoms with Gasteiger partial charge in [0.2, 0.25) is 5.91 Å². The molecule has 6 nitrogen and oxygen atoms in total. The number of nitrogens with zero attached hydrogens (tertiary/aromatic N) is 2. The minimum atomic E-state index is -0.770. The Kier molecular flexibility index (Phi) is 5.68. The fraction of sp³-hybridized carbons (Fsp3) is 0.375. The highest BCUT2D eigenvalue weighted by Gasteiger charge is 2.45. The fourth-order valence-electron chi connectivity index (χ4n) is 4.45. The van der Waals surface area contributed by atoms with E-state index < -0.39 is 6.04 Å². The Bertz CT molecular complexity index is 914. The number of benzene rings is 2. The van der Waals surface area contributed by atoms with E-state index in [0.717, 1.165) is 19.6 Å². The van der Waals surface area contributed by atoms with Crippen LogP contribution < -0.4 is 4.90 Å². The molecule has 6 heteroatoms. The summed E-state index contributed by atoms with van der Waals surface area (Å²) in [5.74, 6) is -1.01. The largest absolute Gasteiger partial charge is 0.330 e. The van der Waals surface area contributed by atoms with Gasteiger partial charge in [0, 0.05) is 5.56 Å². The molecular formula is C24H28N3O3+. The van der Waals surface area contributed by atoms with Crippen LogP contribution in [0.2, 0.25) is 0 Å². The van der Waals surface area contributed by atoms with Gasteiger partial charge < -0.3 is 9.80 Å². The molecule has 0 radical (unpaired) electrons. The third kappa shape index (κ3) is 3.75. The van der Waals surface area contributed by atoms with Crippen molar-refractivity contribution in [2.45, 2.75) is 26.4 Å². The number of amides is 3. The van der Waals surface area contributed by atoms with Crippen molar-refractivity contribution in [2.75, 3.05) is 26.2 Å². The number of hydrogen-bond donors (Lipinski definition) is 1. The number of nitrogens with one attached hydrogen (secondary N) is 1. The molecule has 2 aromatic rings. The third-order valence-corrected chi connectivity index (χ3v) is 6.07. The van der Waals surface area contributed by atoms with Crippen molar-refractivity contribution in [1.82, 2.24) is 9.80 Å². The molecule has 1 N–H and O–H groups in total. The first-order chi connectivity index (χ1) is 14.5. The number of rotatable bonds is 5. The van der Waals surface area contributed by atoms with E-state index in [1.165, 1.54) is 15.4 Å². The SMILES string of the molecule is CC(C)[C@H](C(=O)N1CC[NH+](Cc2ccccc2)CC1)N1C(=O)c2ccccc2C1=O. The highest BCUT2D eigenvalue weighted by Crippen LogP contribution is 2.28. The van der Waals surface area contributed by atoms with Crippen LogP contribution in [0.1, 0.15) is 40.1 Å². The van der Waals surface area contributed by atoms with Gasteiger partial charge in [-0.05, 0) is 18.1 Å². The molecule has 4 rings (SSSR count). The molecule has 30 heavy (non-hydrogen) atoms. The summed E-state index contributed by atoms with van der Waals surface area (Å²) in [6.45, 7) is 7.70. The number of hydrogen-bond acceptors (Lipinski definition) is 3. The van der Waals surface area contributed by atoms with Gasteiger partial charge in [-0.1, -0.05) is 56.3 Å². The molecule has 1 saturated heterocycles. The summed E-state index contributed by atoms with van der Waals surface area (Å²) in [5.41, 5.74) is 2.06. The van der Waals surface area contributed by atoms with E-state index in [-0.39, 0.29) is 23.6 Å². The van der Waals surface area contributed by atoms with Gasteiger partial charge in [0.05, 0.1) is 37.3 Å². The van der Waals surface area contributed by atoms with Gasteiger partial charge in [-0.2, -0.15) is 0 Å². The van der Waals surface area contributed by atoms with Crippen LogP contribution in [-0.4, -0.2) is 59.7 Å². The maximum absolute atomic E-state index is 13.4. The van der Waals surface area contributed by atoms with Crippen molar-refractivity contribution < 1.29 is 19.3 Å². The summed E-state index contributed by atoms with van der Waals surface area (Å²) in [7, 11) is 0. The van der Waals surface area contributed by atoms with Crippen molar-refractivity contribution >= 4 is 17.7 Å². The molecule has 0 aliphatic carbocycles. The van der Waals surface area contributed by atoms with Gasteiger partial charge in [-0.15, -0.1) is 0 Å². The predicted octanol–water partition coefficient (Wildman–Crippen LogP) is 1.23. The first-order valence-corrected chi connectivity index (χ1v) is 10.6. The summed E-state index contributed by atoms with van der Waals surface area (Å²) in [5, 5.41) is 0. The van der Waals surface area contributed by atoms with Crippen LogP contribution in [0.25, 0.3) is 0 Å². The Morgan fingerprint density at radius 3 is 1.97 bits per heavy atom. The summed E-state index contributed by atoms with van der Waals surface area (Å²) >= 11 is 0. The van der Waals surface area contributed by atoms with Crippen LogP contribution in [0.4, 0.5) is 0 Å². The predicted molar refractivity (Wildman–Crippen MR) is 113 cm³/mol. The number of carbonyl (C=O) groups is 3. The Morgan fingerprint density at radius 1 is 0.900 bits per heavy atom. The molecule has 156 valence electrons. The van der Waals surface area contributed by atoms with E-state index in [9.17, 15) is 14.4 Å². The molecule has 1 atom stereocenters. The number of imide groups is 1. The second kappa shape index (κ2) is 8.40. The molecule has 1 fully saturated rings. The summed E-state index contributed by atoms with van der Waals surface area (Å²) < 4.78 is 0. The average molecular weight is 407 g/mol. The van der Waals surface area contributed by atoms with Gasteiger partial charge >= 0.3 is 0 Å². The van der Waals surface area contributed by atoms with Crippen molar-refractivity contribution in [2.24, 2.45) is 5.92 Å². The maximum Gasteiger partial charge on any atom is 0.262 e. The second-order valence-electron chi connectivity index (χ2n) is 8.45. The van der Waals surface area contributed by atoms with Crippen LogP contribution >= 0.6 is 0 Å². The zero-order valence-electron chi connectivity index (χ0n) is 17.5. The van der Waals surface area contributed by atoms with Gasteiger partial charge in [0.25, 0.3) is 11.8 Å². The molecule has 0 bridgehead atoms. The van der Waals surface area contributed by atoms with Crippen molar-refractivity contribution in [3.05, 3.63) is 71.3 Å². The molecule has 3 amide bonds. The van der Waals surface area contributed by atoms with Crippen LogP contribution in [0.5, 0.6) is 0 Å². The number of quaternary nitrogens is 1. The lowest BCUT2D eigenvalue weighted by Gasteiger charge is -2.37. The van der Waals surface area contributed by atoms with E-state index in [2.05, 4.69) is 12.1 Å². The van der Waals surface area contributed by atoms with E-state index in [1.807, 2.05) is 36.9 Å². The van der Waals surface area contributed by atoms with Crippen molar-refractivity contribution in [3.63, 3.8) is 0 Å². The summed E-state index contributed by atoms with van der Waals surface area (Å²) in [6.07, 6.45) is 0. The van der Waals surface area contributed by atoms with Gasteiger partial charge in [0.15, 0.2) is 0 Å². The highest BCUT2D eigenvalue weighted by atomic mass is 16.2. The normalized spacial score (nSPS) is 18.1. The van der Waals surface area contributed by atoms with Crippen LogP contribution in [0.3, 0.4) is 0 Å². The molecule has 0 saturated carbocycles. The minimum absolute atomic E-state index is 0.127. The fourth-order valence-corrected chi connectivity index (χ4v) is 4.45. The average Bonchev–Trinajstić information content (AvgIpc) is 3.00. The highest BCUT2D eigenvalue weighted by molar-refractivity contribution is 6.22. The lowest BCUT2D eigenvalue weighted by molar-refractivity contribution is -0.917. The molecule has 2 aliphatic heterocycles. The lowest BCUT2D eigenvalue weighted by Crippen LogP contribution is -3.13. The summed E-state index contributed by atoms with van der Waals surface area (Å²) in [4.78, 5) is 43.7. The summed E-state index contributed by atoms with van der Waals surface area (Å²) in [6, 6.07) is 16.4. The van der Waals surface area contributed by atoms with E-state index in [4.69, 9.17) is 0 Å². The lowest BCUT2D eigenvalue weighted by atomic mass is 10.0. The van der Waals surface area contributed by atoms with Crippen LogP contribution in [0.15, 0.2) is 54.6 Å². The second-order valence-corrected chi connectivity index (χ2v) is 8.45. The third-order valence-electron chi connectivity index (χ3n) is 6.07. The maximum atomic E-state index is 13.4. The number of fused-ring (bicyclic) bond motifs is 1. The van der Waals surface area contributed by atoms with E-state index in [0.29, 0.717) is 24.2 Å². The number of carbonyl (C=O) groups excluding carboxylic acids is 3. The van der Waals surface area contributed by atoms with Crippen molar-refractivity contribution in [3.8, 4) is 0 Å². The molecule has 0 spiro atoms. The molecule has 2 heterocycles. The Labute approximate surface area is 177 Å². The smallest absolute Gasteiger partial charge is 0.262 e. The quantitative estimate of drug-likeness (QED) is 0.760. The van der Waals surface area contributed by atoms with Crippen LogP contribution in [0, 0.1) is 5.92 Å². The van der Waals surface area contributed by atoms with Crippen LogP contribution in [-0.2, 0) is 11.3 Å². The monoisotopic (exact) mass is 406 g/mol.